The largest absolute Gasteiger partial charge is 0.375 e. The van der Waals surface area contributed by atoms with Gasteiger partial charge in [-0.1, -0.05) is 0 Å². The van der Waals surface area contributed by atoms with Gasteiger partial charge in [-0.3, -0.25) is 4.79 Å². The minimum atomic E-state index is 0. The lowest BCUT2D eigenvalue weighted by Gasteiger charge is -2.39. The number of hydrogen-bond donors (Lipinski definition) is 2. The zero-order valence-electron chi connectivity index (χ0n) is 13.2. The molecule has 0 spiro atoms. The number of nitrogens with zero attached hydrogens (tertiary/aromatic N) is 3. The van der Waals surface area contributed by atoms with Crippen molar-refractivity contribution in [3.8, 4) is 0 Å². The van der Waals surface area contributed by atoms with Gasteiger partial charge < -0.3 is 19.9 Å². The standard InChI is InChI=1S/C15H23N5O2.ClH/c21-15(10-3-4-12-11(8-10)16-5-7-22-12)17-9-14-19-18-13-2-1-6-20(13)14;/h10-12,16H,1-9H2,(H,17,21);1H/t10-,11+,12+;/m0./s1. The molecular weight excluding hydrogens is 318 g/mol. The fraction of sp³-hybridized carbons (Fsp3) is 0.800. The maximum atomic E-state index is 12.4. The number of amides is 1. The van der Waals surface area contributed by atoms with Gasteiger partial charge in [0.25, 0.3) is 0 Å². The van der Waals surface area contributed by atoms with Crippen LogP contribution in [-0.2, 0) is 29.0 Å². The van der Waals surface area contributed by atoms with E-state index in [1.165, 1.54) is 0 Å². The minimum Gasteiger partial charge on any atom is -0.375 e. The lowest BCUT2D eigenvalue weighted by molar-refractivity contribution is -0.128. The van der Waals surface area contributed by atoms with E-state index in [9.17, 15) is 4.79 Å². The van der Waals surface area contributed by atoms with E-state index < -0.39 is 0 Å². The zero-order chi connectivity index (χ0) is 14.9. The molecule has 23 heavy (non-hydrogen) atoms. The second kappa shape index (κ2) is 7.15. The third-order valence-corrected chi connectivity index (χ3v) is 5.11. The molecule has 0 unspecified atom stereocenters. The molecule has 1 aromatic heterocycles. The molecule has 1 saturated heterocycles. The summed E-state index contributed by atoms with van der Waals surface area (Å²) in [5, 5.41) is 14.9. The van der Waals surface area contributed by atoms with Crippen molar-refractivity contribution < 1.29 is 9.53 Å². The molecule has 3 atom stereocenters. The van der Waals surface area contributed by atoms with E-state index >= 15 is 0 Å². The average molecular weight is 342 g/mol. The zero-order valence-corrected chi connectivity index (χ0v) is 14.0. The first kappa shape index (κ1) is 16.7. The summed E-state index contributed by atoms with van der Waals surface area (Å²) >= 11 is 0. The van der Waals surface area contributed by atoms with Crippen LogP contribution in [-0.4, -0.2) is 46.0 Å². The minimum absolute atomic E-state index is 0. The maximum absolute atomic E-state index is 12.4. The quantitative estimate of drug-likeness (QED) is 0.832. The van der Waals surface area contributed by atoms with Crippen LogP contribution in [0.25, 0.3) is 0 Å². The molecule has 128 valence electrons. The molecule has 3 heterocycles. The Kier molecular flexibility index (Phi) is 5.18. The first-order valence-electron chi connectivity index (χ1n) is 8.35. The Morgan fingerprint density at radius 1 is 1.39 bits per heavy atom. The lowest BCUT2D eigenvalue weighted by atomic mass is 9.82. The molecule has 4 rings (SSSR count). The van der Waals surface area contributed by atoms with Gasteiger partial charge in [0.2, 0.25) is 5.91 Å². The highest BCUT2D eigenvalue weighted by Gasteiger charge is 2.35. The predicted molar refractivity (Wildman–Crippen MR) is 86.3 cm³/mol. The number of nitrogens with one attached hydrogen (secondary N) is 2. The van der Waals surface area contributed by atoms with Crippen molar-refractivity contribution >= 4 is 18.3 Å². The number of morpholine rings is 1. The number of halogens is 1. The Bertz CT molecular complexity index is 564. The fourth-order valence-electron chi connectivity index (χ4n) is 3.90. The molecule has 3 aliphatic rings. The normalized spacial score (nSPS) is 29.3. The summed E-state index contributed by atoms with van der Waals surface area (Å²) in [5.41, 5.74) is 0. The molecule has 2 N–H and O–H groups in total. The smallest absolute Gasteiger partial charge is 0.223 e. The van der Waals surface area contributed by atoms with Gasteiger partial charge >= 0.3 is 0 Å². The second-order valence-corrected chi connectivity index (χ2v) is 6.49. The van der Waals surface area contributed by atoms with Crippen LogP contribution in [0, 0.1) is 5.92 Å². The highest BCUT2D eigenvalue weighted by Crippen LogP contribution is 2.28. The fourth-order valence-corrected chi connectivity index (χ4v) is 3.90. The van der Waals surface area contributed by atoms with Gasteiger partial charge in [-0.25, -0.2) is 0 Å². The topological polar surface area (TPSA) is 81.1 Å². The van der Waals surface area contributed by atoms with Crippen LogP contribution in [0.5, 0.6) is 0 Å². The van der Waals surface area contributed by atoms with Gasteiger partial charge in [0, 0.05) is 31.5 Å². The number of aromatic nitrogens is 3. The number of hydrogen-bond acceptors (Lipinski definition) is 5. The molecule has 1 saturated carbocycles. The van der Waals surface area contributed by atoms with E-state index in [0.717, 1.165) is 63.4 Å². The van der Waals surface area contributed by atoms with Crippen molar-refractivity contribution in [2.24, 2.45) is 5.92 Å². The maximum Gasteiger partial charge on any atom is 0.223 e. The van der Waals surface area contributed by atoms with Crippen LogP contribution in [0.15, 0.2) is 0 Å². The first-order valence-corrected chi connectivity index (χ1v) is 8.35. The molecule has 1 amide bonds. The van der Waals surface area contributed by atoms with Crippen LogP contribution in [0.4, 0.5) is 0 Å². The number of carbonyl (C=O) groups is 1. The van der Waals surface area contributed by atoms with Crippen molar-refractivity contribution in [3.63, 3.8) is 0 Å². The first-order chi connectivity index (χ1) is 10.8. The molecule has 0 bridgehead atoms. The van der Waals surface area contributed by atoms with Gasteiger partial charge in [-0.05, 0) is 25.7 Å². The van der Waals surface area contributed by atoms with E-state index in [1.807, 2.05) is 0 Å². The van der Waals surface area contributed by atoms with E-state index in [0.29, 0.717) is 12.6 Å². The molecule has 0 aromatic carbocycles. The SMILES string of the molecule is Cl.O=C(NCc1nnc2n1CCC2)[C@H]1CC[C@H]2OCCN[C@@H]2C1. The second-order valence-electron chi connectivity index (χ2n) is 6.49. The Labute approximate surface area is 142 Å². The monoisotopic (exact) mass is 341 g/mol. The van der Waals surface area contributed by atoms with Crippen molar-refractivity contribution in [2.75, 3.05) is 13.2 Å². The molecule has 0 radical (unpaired) electrons. The van der Waals surface area contributed by atoms with Crippen LogP contribution in [0.1, 0.15) is 37.3 Å². The average Bonchev–Trinajstić information content (AvgIpc) is 3.16. The van der Waals surface area contributed by atoms with Crippen LogP contribution < -0.4 is 10.6 Å². The van der Waals surface area contributed by atoms with Crippen LogP contribution in [0.2, 0.25) is 0 Å². The van der Waals surface area contributed by atoms with E-state index in [1.54, 1.807) is 0 Å². The van der Waals surface area contributed by atoms with Crippen LogP contribution >= 0.6 is 12.4 Å². The summed E-state index contributed by atoms with van der Waals surface area (Å²) in [5.74, 6) is 2.15. The van der Waals surface area contributed by atoms with E-state index in [-0.39, 0.29) is 30.3 Å². The number of fused-ring (bicyclic) bond motifs is 2. The van der Waals surface area contributed by atoms with Gasteiger partial charge in [0.15, 0.2) is 5.82 Å². The summed E-state index contributed by atoms with van der Waals surface area (Å²) in [4.78, 5) is 12.4. The summed E-state index contributed by atoms with van der Waals surface area (Å²) in [7, 11) is 0. The van der Waals surface area contributed by atoms with Crippen molar-refractivity contribution in [2.45, 2.75) is 57.3 Å². The number of rotatable bonds is 3. The molecule has 2 aliphatic heterocycles. The lowest BCUT2D eigenvalue weighted by Crippen LogP contribution is -2.53. The summed E-state index contributed by atoms with van der Waals surface area (Å²) in [6.07, 6.45) is 5.16. The highest BCUT2D eigenvalue weighted by atomic mass is 35.5. The van der Waals surface area contributed by atoms with E-state index in [2.05, 4.69) is 25.4 Å². The molecule has 1 aliphatic carbocycles. The van der Waals surface area contributed by atoms with E-state index in [4.69, 9.17) is 4.74 Å². The Morgan fingerprint density at radius 3 is 3.22 bits per heavy atom. The van der Waals surface area contributed by atoms with Gasteiger partial charge in [-0.15, -0.1) is 22.6 Å². The Hall–Kier alpha value is -1.18. The van der Waals surface area contributed by atoms with Gasteiger partial charge in [-0.2, -0.15) is 0 Å². The molecule has 7 nitrogen and oxygen atoms in total. The molecule has 1 aromatic rings. The molecule has 8 heteroatoms. The van der Waals surface area contributed by atoms with Crippen molar-refractivity contribution in [3.05, 3.63) is 11.6 Å². The Morgan fingerprint density at radius 2 is 2.30 bits per heavy atom. The number of ether oxygens (including phenoxy) is 1. The van der Waals surface area contributed by atoms with Crippen LogP contribution in [0.3, 0.4) is 0 Å². The third kappa shape index (κ3) is 3.36. The third-order valence-electron chi connectivity index (χ3n) is 5.11. The molecule has 2 fully saturated rings. The number of carbonyl (C=O) groups excluding carboxylic acids is 1. The highest BCUT2D eigenvalue weighted by molar-refractivity contribution is 5.85. The van der Waals surface area contributed by atoms with Crippen molar-refractivity contribution in [1.82, 2.24) is 25.4 Å². The summed E-state index contributed by atoms with van der Waals surface area (Å²) < 4.78 is 7.90. The predicted octanol–water partition coefficient (Wildman–Crippen LogP) is 0.419. The Balaban J connectivity index is 0.00000156. The summed E-state index contributed by atoms with van der Waals surface area (Å²) in [6.45, 7) is 3.14. The summed E-state index contributed by atoms with van der Waals surface area (Å²) in [6, 6.07) is 0.329. The van der Waals surface area contributed by atoms with Crippen molar-refractivity contribution in [1.29, 1.82) is 0 Å². The molecular formula is C15H24ClN5O2. The van der Waals surface area contributed by atoms with Gasteiger partial charge in [0.05, 0.1) is 19.3 Å². The number of aryl methyl sites for hydroxylation is 1. The van der Waals surface area contributed by atoms with Gasteiger partial charge in [0.1, 0.15) is 5.82 Å².